The van der Waals surface area contributed by atoms with E-state index in [0.29, 0.717) is 18.0 Å². The highest BCUT2D eigenvalue weighted by atomic mass is 16.7. The molecule has 1 N–H and O–H groups in total. The fourth-order valence-electron chi connectivity index (χ4n) is 1.62. The first-order valence-corrected chi connectivity index (χ1v) is 6.13. The molecule has 0 radical (unpaired) electrons. The summed E-state index contributed by atoms with van der Waals surface area (Å²) in [7, 11) is 0. The summed E-state index contributed by atoms with van der Waals surface area (Å²) >= 11 is 0. The van der Waals surface area contributed by atoms with Crippen LogP contribution >= 0.6 is 0 Å². The van der Waals surface area contributed by atoms with Gasteiger partial charge in [-0.1, -0.05) is 12.1 Å². The molecular weight excluding hydrogens is 262 g/mol. The second-order valence-electron chi connectivity index (χ2n) is 4.07. The molecule has 1 aliphatic rings. The van der Waals surface area contributed by atoms with Crippen LogP contribution in [0.1, 0.15) is 12.5 Å². The maximum atomic E-state index is 11.5. The molecule has 0 aromatic heterocycles. The molecule has 0 bridgehead atoms. The lowest BCUT2D eigenvalue weighted by molar-refractivity contribution is -0.143. The third-order valence-electron chi connectivity index (χ3n) is 2.57. The van der Waals surface area contributed by atoms with Crippen molar-refractivity contribution in [2.24, 2.45) is 0 Å². The molecule has 0 spiro atoms. The van der Waals surface area contributed by atoms with Crippen LogP contribution in [0.15, 0.2) is 30.4 Å². The third-order valence-corrected chi connectivity index (χ3v) is 2.57. The first-order chi connectivity index (χ1) is 9.69. The lowest BCUT2D eigenvalue weighted by Gasteiger charge is -2.06. The van der Waals surface area contributed by atoms with E-state index in [2.05, 4.69) is 5.32 Å². The second kappa shape index (κ2) is 6.60. The number of hydrogen-bond acceptors (Lipinski definition) is 5. The summed E-state index contributed by atoms with van der Waals surface area (Å²) in [4.78, 5) is 22.5. The minimum absolute atomic E-state index is 0.214. The number of nitrogens with one attached hydrogen (secondary N) is 1. The molecule has 1 amide bonds. The quantitative estimate of drug-likeness (QED) is 0.645. The lowest BCUT2D eigenvalue weighted by atomic mass is 10.2. The maximum absolute atomic E-state index is 11.5. The summed E-state index contributed by atoms with van der Waals surface area (Å²) in [6, 6.07) is 5.42. The standard InChI is InChI=1S/C14H15NO5/c1-2-3-14(17)18-8-13(16)15-7-10-4-5-11-12(6-10)20-9-19-11/h2-6H,7-9H2,1H3,(H,15,16)/b3-2+. The SMILES string of the molecule is C/C=C/C(=O)OCC(=O)NCc1ccc2c(c1)OCO2. The summed E-state index contributed by atoms with van der Waals surface area (Å²) in [6.07, 6.45) is 2.80. The number of fused-ring (bicyclic) bond motifs is 1. The number of benzene rings is 1. The van der Waals surface area contributed by atoms with Gasteiger partial charge in [-0.2, -0.15) is 0 Å². The van der Waals surface area contributed by atoms with Crippen LogP contribution in [0.25, 0.3) is 0 Å². The number of allylic oxidation sites excluding steroid dienone is 1. The van der Waals surface area contributed by atoms with Crippen LogP contribution in [0.3, 0.4) is 0 Å². The lowest BCUT2D eigenvalue weighted by Crippen LogP contribution is -2.28. The van der Waals surface area contributed by atoms with E-state index >= 15 is 0 Å². The van der Waals surface area contributed by atoms with Gasteiger partial charge in [0.05, 0.1) is 0 Å². The van der Waals surface area contributed by atoms with Crippen molar-refractivity contribution in [3.05, 3.63) is 35.9 Å². The molecule has 1 aliphatic heterocycles. The Morgan fingerprint density at radius 1 is 1.35 bits per heavy atom. The summed E-state index contributed by atoms with van der Waals surface area (Å²) in [5.41, 5.74) is 0.877. The van der Waals surface area contributed by atoms with Crippen LogP contribution in [0.4, 0.5) is 0 Å². The van der Waals surface area contributed by atoms with E-state index < -0.39 is 5.97 Å². The van der Waals surface area contributed by atoms with Gasteiger partial charge in [0, 0.05) is 12.6 Å². The van der Waals surface area contributed by atoms with Crippen molar-refractivity contribution in [1.82, 2.24) is 5.32 Å². The normalized spacial score (nSPS) is 12.4. The van der Waals surface area contributed by atoms with E-state index in [0.717, 1.165) is 5.56 Å². The number of ether oxygens (including phenoxy) is 3. The summed E-state index contributed by atoms with van der Waals surface area (Å²) in [6.45, 7) is 1.94. The number of carbonyl (C=O) groups is 2. The van der Waals surface area contributed by atoms with Crippen LogP contribution in [-0.4, -0.2) is 25.3 Å². The number of amides is 1. The number of esters is 1. The fourth-order valence-corrected chi connectivity index (χ4v) is 1.62. The molecule has 0 aliphatic carbocycles. The Bertz CT molecular complexity index is 538. The molecule has 6 heteroatoms. The molecule has 0 atom stereocenters. The molecule has 20 heavy (non-hydrogen) atoms. The average Bonchev–Trinajstić information content (AvgIpc) is 2.90. The van der Waals surface area contributed by atoms with Gasteiger partial charge >= 0.3 is 5.97 Å². The van der Waals surface area contributed by atoms with Gasteiger partial charge in [-0.05, 0) is 24.6 Å². The predicted octanol–water partition coefficient (Wildman–Crippen LogP) is 1.15. The highest BCUT2D eigenvalue weighted by Gasteiger charge is 2.13. The fraction of sp³-hybridized carbons (Fsp3) is 0.286. The van der Waals surface area contributed by atoms with Gasteiger partial charge in [0.25, 0.3) is 5.91 Å². The van der Waals surface area contributed by atoms with E-state index in [-0.39, 0.29) is 19.3 Å². The first-order valence-electron chi connectivity index (χ1n) is 6.13. The Labute approximate surface area is 116 Å². The molecule has 1 heterocycles. The molecule has 0 fully saturated rings. The molecule has 106 valence electrons. The van der Waals surface area contributed by atoms with Crippen LogP contribution in [0.5, 0.6) is 11.5 Å². The van der Waals surface area contributed by atoms with Crippen molar-refractivity contribution < 1.29 is 23.8 Å². The molecule has 6 nitrogen and oxygen atoms in total. The zero-order valence-electron chi connectivity index (χ0n) is 11.0. The Kier molecular flexibility index (Phi) is 4.60. The van der Waals surface area contributed by atoms with Crippen LogP contribution in [0, 0.1) is 0 Å². The van der Waals surface area contributed by atoms with Gasteiger partial charge in [0.2, 0.25) is 6.79 Å². The summed E-state index contributed by atoms with van der Waals surface area (Å²) in [5.74, 6) is 0.461. The van der Waals surface area contributed by atoms with Gasteiger partial charge in [0.15, 0.2) is 18.1 Å². The smallest absolute Gasteiger partial charge is 0.330 e. The maximum Gasteiger partial charge on any atom is 0.330 e. The second-order valence-corrected chi connectivity index (χ2v) is 4.07. The topological polar surface area (TPSA) is 73.9 Å². The van der Waals surface area contributed by atoms with E-state index in [9.17, 15) is 9.59 Å². The van der Waals surface area contributed by atoms with Gasteiger partial charge < -0.3 is 19.5 Å². The Hall–Kier alpha value is -2.50. The zero-order valence-corrected chi connectivity index (χ0v) is 11.0. The van der Waals surface area contributed by atoms with Crippen molar-refractivity contribution in [2.75, 3.05) is 13.4 Å². The zero-order chi connectivity index (χ0) is 14.4. The molecule has 0 saturated carbocycles. The van der Waals surface area contributed by atoms with E-state index in [1.54, 1.807) is 25.1 Å². The third kappa shape index (κ3) is 3.74. The van der Waals surface area contributed by atoms with Crippen molar-refractivity contribution >= 4 is 11.9 Å². The van der Waals surface area contributed by atoms with Gasteiger partial charge in [-0.15, -0.1) is 0 Å². The monoisotopic (exact) mass is 277 g/mol. The molecule has 0 unspecified atom stereocenters. The Morgan fingerprint density at radius 2 is 2.15 bits per heavy atom. The van der Waals surface area contributed by atoms with Crippen LogP contribution in [-0.2, 0) is 20.9 Å². The van der Waals surface area contributed by atoms with E-state index in [4.69, 9.17) is 14.2 Å². The molecule has 1 aromatic carbocycles. The van der Waals surface area contributed by atoms with Crippen molar-refractivity contribution in [3.8, 4) is 11.5 Å². The van der Waals surface area contributed by atoms with Crippen molar-refractivity contribution in [3.63, 3.8) is 0 Å². The van der Waals surface area contributed by atoms with Gasteiger partial charge in [-0.3, -0.25) is 4.79 Å². The Balaban J connectivity index is 1.77. The molecule has 2 rings (SSSR count). The average molecular weight is 277 g/mol. The minimum atomic E-state index is -0.536. The summed E-state index contributed by atoms with van der Waals surface area (Å²) < 4.78 is 15.2. The largest absolute Gasteiger partial charge is 0.454 e. The van der Waals surface area contributed by atoms with Crippen LogP contribution in [0.2, 0.25) is 0 Å². The molecule has 0 saturated heterocycles. The predicted molar refractivity (Wildman–Crippen MR) is 70.2 cm³/mol. The van der Waals surface area contributed by atoms with Crippen LogP contribution < -0.4 is 14.8 Å². The number of carbonyl (C=O) groups excluding carboxylic acids is 2. The van der Waals surface area contributed by atoms with E-state index in [1.807, 2.05) is 6.07 Å². The van der Waals surface area contributed by atoms with E-state index in [1.165, 1.54) is 6.08 Å². The molecule has 1 aromatic rings. The van der Waals surface area contributed by atoms with Crippen molar-refractivity contribution in [1.29, 1.82) is 0 Å². The Morgan fingerprint density at radius 3 is 2.95 bits per heavy atom. The minimum Gasteiger partial charge on any atom is -0.454 e. The van der Waals surface area contributed by atoms with Gasteiger partial charge in [0.1, 0.15) is 0 Å². The molecular formula is C14H15NO5. The highest BCUT2D eigenvalue weighted by molar-refractivity contribution is 5.85. The van der Waals surface area contributed by atoms with Crippen molar-refractivity contribution in [2.45, 2.75) is 13.5 Å². The van der Waals surface area contributed by atoms with Gasteiger partial charge in [-0.25, -0.2) is 4.79 Å². The number of rotatable bonds is 5. The summed E-state index contributed by atoms with van der Waals surface area (Å²) in [5, 5.41) is 2.65. The first kappa shape index (κ1) is 13.9. The number of hydrogen-bond donors (Lipinski definition) is 1. The highest BCUT2D eigenvalue weighted by Crippen LogP contribution is 2.32.